The van der Waals surface area contributed by atoms with Gasteiger partial charge in [-0.2, -0.15) is 13.2 Å². The van der Waals surface area contributed by atoms with E-state index < -0.39 is 11.9 Å². The molecule has 1 heterocycles. The van der Waals surface area contributed by atoms with Crippen molar-refractivity contribution < 1.29 is 13.2 Å². The number of hydrogen-bond donors (Lipinski definition) is 1. The number of nitrogens with zero attached hydrogens (tertiary/aromatic N) is 1. The monoisotopic (exact) mass is 232 g/mol. The molecule has 0 aliphatic rings. The second-order valence-electron chi connectivity index (χ2n) is 3.81. The summed E-state index contributed by atoms with van der Waals surface area (Å²) < 4.78 is 37.3. The van der Waals surface area contributed by atoms with Crippen LogP contribution in [-0.2, 0) is 6.18 Å². The summed E-state index contributed by atoms with van der Waals surface area (Å²) in [5.74, 6) is -0.0627. The van der Waals surface area contributed by atoms with Crippen LogP contribution in [0.5, 0.6) is 0 Å². The minimum Gasteiger partial charge on any atom is -0.317 e. The Morgan fingerprint density at radius 3 is 2.38 bits per heavy atom. The predicted molar refractivity (Wildman–Crippen MR) is 56.2 cm³/mol. The molecule has 90 valence electrons. The minimum atomic E-state index is -4.38. The van der Waals surface area contributed by atoms with Crippen LogP contribution in [0.25, 0.3) is 0 Å². The van der Waals surface area contributed by atoms with Crippen LogP contribution in [0.1, 0.15) is 31.2 Å². The van der Waals surface area contributed by atoms with Gasteiger partial charge in [0.15, 0.2) is 0 Å². The highest BCUT2D eigenvalue weighted by Gasteiger charge is 2.32. The fourth-order valence-corrected chi connectivity index (χ4v) is 1.37. The molecule has 0 radical (unpaired) electrons. The smallest absolute Gasteiger partial charge is 0.317 e. The molecule has 0 amide bonds. The van der Waals surface area contributed by atoms with E-state index in [1.807, 2.05) is 13.8 Å². The number of alkyl halides is 3. The van der Waals surface area contributed by atoms with Gasteiger partial charge in [-0.1, -0.05) is 13.0 Å². The van der Waals surface area contributed by atoms with E-state index in [0.29, 0.717) is 5.69 Å². The summed E-state index contributed by atoms with van der Waals surface area (Å²) in [5, 5.41) is 3.00. The molecule has 0 aliphatic heterocycles. The van der Waals surface area contributed by atoms with E-state index in [2.05, 4.69) is 10.3 Å². The molecule has 0 saturated heterocycles. The van der Waals surface area contributed by atoms with Crippen molar-refractivity contribution in [3.05, 3.63) is 29.6 Å². The Kier molecular flexibility index (Phi) is 3.91. The van der Waals surface area contributed by atoms with E-state index in [-0.39, 0.29) is 12.0 Å². The van der Waals surface area contributed by atoms with Gasteiger partial charge in [0.2, 0.25) is 0 Å². The van der Waals surface area contributed by atoms with Gasteiger partial charge in [-0.3, -0.25) is 0 Å². The van der Waals surface area contributed by atoms with Gasteiger partial charge >= 0.3 is 6.18 Å². The summed E-state index contributed by atoms with van der Waals surface area (Å²) in [6.45, 7) is 3.76. The average Bonchev–Trinajstić information content (AvgIpc) is 2.26. The Balaban J connectivity index is 2.99. The second-order valence-corrected chi connectivity index (χ2v) is 3.81. The van der Waals surface area contributed by atoms with E-state index in [0.717, 1.165) is 6.07 Å². The van der Waals surface area contributed by atoms with Crippen molar-refractivity contribution in [1.82, 2.24) is 10.3 Å². The lowest BCUT2D eigenvalue weighted by molar-refractivity contribution is -0.141. The average molecular weight is 232 g/mol. The van der Waals surface area contributed by atoms with Crippen LogP contribution in [0, 0.1) is 0 Å². The fraction of sp³-hybridized carbons (Fsp3) is 0.545. The van der Waals surface area contributed by atoms with Crippen LogP contribution in [0.2, 0.25) is 0 Å². The maximum Gasteiger partial charge on any atom is 0.433 e. The quantitative estimate of drug-likeness (QED) is 0.866. The Hall–Kier alpha value is -1.10. The number of rotatable bonds is 3. The molecule has 1 aromatic rings. The molecule has 0 bridgehead atoms. The molecule has 5 heteroatoms. The van der Waals surface area contributed by atoms with Crippen molar-refractivity contribution in [1.29, 1.82) is 0 Å². The maximum atomic E-state index is 12.4. The SMILES string of the molecule is CNC(C)C(C)c1cccc(C(F)(F)F)n1. The van der Waals surface area contributed by atoms with Crippen molar-refractivity contribution in [2.75, 3.05) is 7.05 Å². The van der Waals surface area contributed by atoms with Crippen molar-refractivity contribution in [3.8, 4) is 0 Å². The van der Waals surface area contributed by atoms with Crippen LogP contribution in [0.3, 0.4) is 0 Å². The fourth-order valence-electron chi connectivity index (χ4n) is 1.37. The molecule has 2 unspecified atom stereocenters. The van der Waals surface area contributed by atoms with Gasteiger partial charge in [-0.15, -0.1) is 0 Å². The molecule has 2 atom stereocenters. The van der Waals surface area contributed by atoms with Gasteiger partial charge < -0.3 is 5.32 Å². The summed E-state index contributed by atoms with van der Waals surface area (Å²) >= 11 is 0. The zero-order valence-corrected chi connectivity index (χ0v) is 9.47. The normalized spacial score (nSPS) is 15.9. The molecule has 16 heavy (non-hydrogen) atoms. The van der Waals surface area contributed by atoms with Crippen molar-refractivity contribution in [2.24, 2.45) is 0 Å². The summed E-state index contributed by atoms with van der Waals surface area (Å²) in [7, 11) is 1.77. The molecule has 0 aromatic carbocycles. The number of aromatic nitrogens is 1. The first-order chi connectivity index (χ1) is 7.36. The molecule has 1 rings (SSSR count). The van der Waals surface area contributed by atoms with E-state index in [1.54, 1.807) is 13.1 Å². The molecular weight excluding hydrogens is 217 g/mol. The summed E-state index contributed by atoms with van der Waals surface area (Å²) in [6, 6.07) is 4.08. The second kappa shape index (κ2) is 4.82. The highest BCUT2D eigenvalue weighted by Crippen LogP contribution is 2.28. The molecule has 1 N–H and O–H groups in total. The third-order valence-corrected chi connectivity index (χ3v) is 2.73. The first-order valence-electron chi connectivity index (χ1n) is 5.07. The van der Waals surface area contributed by atoms with Crippen molar-refractivity contribution >= 4 is 0 Å². The summed E-state index contributed by atoms with van der Waals surface area (Å²) in [4.78, 5) is 3.65. The van der Waals surface area contributed by atoms with Crippen LogP contribution < -0.4 is 5.32 Å². The minimum absolute atomic E-state index is 0.0627. The molecule has 0 saturated carbocycles. The lowest BCUT2D eigenvalue weighted by Crippen LogP contribution is -2.28. The zero-order valence-electron chi connectivity index (χ0n) is 9.47. The Morgan fingerprint density at radius 1 is 1.25 bits per heavy atom. The van der Waals surface area contributed by atoms with Crippen molar-refractivity contribution in [3.63, 3.8) is 0 Å². The zero-order chi connectivity index (χ0) is 12.3. The van der Waals surface area contributed by atoms with Crippen molar-refractivity contribution in [2.45, 2.75) is 32.0 Å². The predicted octanol–water partition coefficient (Wildman–Crippen LogP) is 2.81. The van der Waals surface area contributed by atoms with E-state index >= 15 is 0 Å². The highest BCUT2D eigenvalue weighted by atomic mass is 19.4. The first-order valence-corrected chi connectivity index (χ1v) is 5.07. The van der Waals surface area contributed by atoms with Crippen LogP contribution in [-0.4, -0.2) is 18.1 Å². The topological polar surface area (TPSA) is 24.9 Å². The number of nitrogens with one attached hydrogen (secondary N) is 1. The lowest BCUT2D eigenvalue weighted by Gasteiger charge is -2.19. The highest BCUT2D eigenvalue weighted by molar-refractivity contribution is 5.17. The third kappa shape index (κ3) is 2.95. The summed E-state index contributed by atoms with van der Waals surface area (Å²) in [5.41, 5.74) is -0.378. The maximum absolute atomic E-state index is 12.4. The van der Waals surface area contributed by atoms with E-state index in [1.165, 1.54) is 6.07 Å². The Labute approximate surface area is 92.9 Å². The van der Waals surface area contributed by atoms with Gasteiger partial charge in [-0.05, 0) is 26.1 Å². The largest absolute Gasteiger partial charge is 0.433 e. The van der Waals surface area contributed by atoms with Crippen LogP contribution in [0.4, 0.5) is 13.2 Å². The van der Waals surface area contributed by atoms with Gasteiger partial charge in [0, 0.05) is 17.7 Å². The Bertz CT molecular complexity index is 349. The number of pyridine rings is 1. The van der Waals surface area contributed by atoms with Gasteiger partial charge in [0.05, 0.1) is 0 Å². The van der Waals surface area contributed by atoms with Gasteiger partial charge in [0.25, 0.3) is 0 Å². The van der Waals surface area contributed by atoms with Gasteiger partial charge in [0.1, 0.15) is 5.69 Å². The van der Waals surface area contributed by atoms with E-state index in [4.69, 9.17) is 0 Å². The third-order valence-electron chi connectivity index (χ3n) is 2.73. The van der Waals surface area contributed by atoms with Crippen LogP contribution >= 0.6 is 0 Å². The molecule has 0 aliphatic carbocycles. The molecule has 1 aromatic heterocycles. The number of halogens is 3. The number of likely N-dealkylation sites (N-methyl/N-ethyl adjacent to an activating group) is 1. The Morgan fingerprint density at radius 2 is 1.88 bits per heavy atom. The van der Waals surface area contributed by atoms with E-state index in [9.17, 15) is 13.2 Å². The standard InChI is InChI=1S/C11H15F3N2/c1-7(8(2)15-3)9-5-4-6-10(16-9)11(12,13)14/h4-8,15H,1-3H3. The lowest BCUT2D eigenvalue weighted by atomic mass is 9.99. The molecule has 0 spiro atoms. The molecule has 2 nitrogen and oxygen atoms in total. The molecular formula is C11H15F3N2. The number of hydrogen-bond acceptors (Lipinski definition) is 2. The molecule has 0 fully saturated rings. The first kappa shape index (κ1) is 13.0. The summed E-state index contributed by atoms with van der Waals surface area (Å²) in [6.07, 6.45) is -4.38. The van der Waals surface area contributed by atoms with Gasteiger partial charge in [-0.25, -0.2) is 4.98 Å². The van der Waals surface area contributed by atoms with Crippen LogP contribution in [0.15, 0.2) is 18.2 Å².